The van der Waals surface area contributed by atoms with Gasteiger partial charge in [0.05, 0.1) is 19.2 Å². The van der Waals surface area contributed by atoms with E-state index < -0.39 is 0 Å². The van der Waals surface area contributed by atoms with Crippen molar-refractivity contribution in [3.63, 3.8) is 0 Å². The zero-order valence-corrected chi connectivity index (χ0v) is 11.9. The van der Waals surface area contributed by atoms with Crippen molar-refractivity contribution < 1.29 is 9.53 Å². The molecular formula is C12H19N3O2S. The highest BCUT2D eigenvalue weighted by Crippen LogP contribution is 2.25. The van der Waals surface area contributed by atoms with Gasteiger partial charge >= 0.3 is 5.97 Å². The minimum Gasteiger partial charge on any atom is -0.469 e. The quantitative estimate of drug-likeness (QED) is 0.763. The Balaban J connectivity index is 1.96. The van der Waals surface area contributed by atoms with Crippen LogP contribution in [-0.4, -0.2) is 56.2 Å². The van der Waals surface area contributed by atoms with Crippen LogP contribution in [-0.2, 0) is 16.0 Å². The van der Waals surface area contributed by atoms with E-state index in [-0.39, 0.29) is 12.4 Å². The van der Waals surface area contributed by atoms with Gasteiger partial charge in [-0.15, -0.1) is 11.3 Å². The van der Waals surface area contributed by atoms with Gasteiger partial charge in [-0.2, -0.15) is 0 Å². The molecule has 1 aliphatic rings. The zero-order chi connectivity index (χ0) is 13.1. The molecule has 0 N–H and O–H groups in total. The molecule has 2 heterocycles. The Hall–Kier alpha value is -1.14. The second-order valence-electron chi connectivity index (χ2n) is 4.73. The third-order valence-corrected chi connectivity index (χ3v) is 4.21. The van der Waals surface area contributed by atoms with Crippen molar-refractivity contribution in [1.29, 1.82) is 0 Å². The van der Waals surface area contributed by atoms with Gasteiger partial charge in [0.2, 0.25) is 0 Å². The summed E-state index contributed by atoms with van der Waals surface area (Å²) in [5, 5.41) is 2.95. The van der Waals surface area contributed by atoms with Crippen LogP contribution in [0.1, 0.15) is 12.1 Å². The Bertz CT molecular complexity index is 419. The van der Waals surface area contributed by atoms with E-state index in [0.29, 0.717) is 6.04 Å². The number of methoxy groups -OCH3 is 1. The summed E-state index contributed by atoms with van der Waals surface area (Å²) < 4.78 is 4.64. The van der Waals surface area contributed by atoms with Crippen molar-refractivity contribution in [2.24, 2.45) is 0 Å². The van der Waals surface area contributed by atoms with Crippen LogP contribution < -0.4 is 4.90 Å². The molecular weight excluding hydrogens is 250 g/mol. The van der Waals surface area contributed by atoms with Crippen LogP contribution in [0.15, 0.2) is 5.38 Å². The van der Waals surface area contributed by atoms with Crippen LogP contribution in [0.3, 0.4) is 0 Å². The molecule has 0 aliphatic carbocycles. The number of carbonyl (C=O) groups excluding carboxylic acids is 1. The average Bonchev–Trinajstić information content (AvgIpc) is 2.96. The number of hydrogen-bond donors (Lipinski definition) is 0. The molecule has 0 spiro atoms. The highest BCUT2D eigenvalue weighted by atomic mass is 32.1. The molecule has 0 radical (unpaired) electrons. The number of anilines is 1. The van der Waals surface area contributed by atoms with E-state index in [2.05, 4.69) is 33.6 Å². The Kier molecular flexibility index (Phi) is 4.19. The SMILES string of the molecule is COC(=O)Cc1csc(N2CCC(N(C)C)C2)n1. The van der Waals surface area contributed by atoms with Crippen molar-refractivity contribution >= 4 is 22.4 Å². The molecule has 0 amide bonds. The Morgan fingerprint density at radius 2 is 2.44 bits per heavy atom. The van der Waals surface area contributed by atoms with Gasteiger partial charge in [-0.25, -0.2) is 4.98 Å². The monoisotopic (exact) mass is 269 g/mol. The molecule has 5 nitrogen and oxygen atoms in total. The second kappa shape index (κ2) is 5.67. The molecule has 0 saturated carbocycles. The van der Waals surface area contributed by atoms with E-state index in [1.165, 1.54) is 13.5 Å². The van der Waals surface area contributed by atoms with E-state index in [0.717, 1.165) is 23.9 Å². The first-order chi connectivity index (χ1) is 8.60. The van der Waals surface area contributed by atoms with Crippen molar-refractivity contribution in [3.05, 3.63) is 11.1 Å². The first kappa shape index (κ1) is 13.3. The molecule has 1 atom stereocenters. The molecule has 1 aliphatic heterocycles. The fraction of sp³-hybridized carbons (Fsp3) is 0.667. The molecule has 2 rings (SSSR count). The maximum Gasteiger partial charge on any atom is 0.311 e. The Morgan fingerprint density at radius 3 is 3.06 bits per heavy atom. The second-order valence-corrected chi connectivity index (χ2v) is 5.56. The average molecular weight is 269 g/mol. The smallest absolute Gasteiger partial charge is 0.311 e. The van der Waals surface area contributed by atoms with Crippen LogP contribution >= 0.6 is 11.3 Å². The number of carbonyl (C=O) groups is 1. The van der Waals surface area contributed by atoms with E-state index in [4.69, 9.17) is 0 Å². The summed E-state index contributed by atoms with van der Waals surface area (Å²) in [7, 11) is 5.62. The molecule has 1 fully saturated rings. The number of esters is 1. The molecule has 100 valence electrons. The fourth-order valence-electron chi connectivity index (χ4n) is 2.08. The van der Waals surface area contributed by atoms with Crippen molar-refractivity contribution in [1.82, 2.24) is 9.88 Å². The number of ether oxygens (including phenoxy) is 1. The summed E-state index contributed by atoms with van der Waals surface area (Å²) in [4.78, 5) is 20.2. The van der Waals surface area contributed by atoms with E-state index >= 15 is 0 Å². The molecule has 18 heavy (non-hydrogen) atoms. The molecule has 1 aromatic heterocycles. The van der Waals surface area contributed by atoms with Gasteiger partial charge in [0.15, 0.2) is 5.13 Å². The van der Waals surface area contributed by atoms with Gasteiger partial charge in [0, 0.05) is 24.5 Å². The fourth-order valence-corrected chi connectivity index (χ4v) is 2.94. The first-order valence-corrected chi connectivity index (χ1v) is 6.90. The summed E-state index contributed by atoms with van der Waals surface area (Å²) in [5.41, 5.74) is 0.801. The molecule has 1 unspecified atom stereocenters. The van der Waals surface area contributed by atoms with Crippen molar-refractivity contribution in [2.45, 2.75) is 18.9 Å². The molecule has 6 heteroatoms. The van der Waals surface area contributed by atoms with Crippen molar-refractivity contribution in [2.75, 3.05) is 39.2 Å². The summed E-state index contributed by atoms with van der Waals surface area (Å²) in [6.45, 7) is 2.05. The number of thiazole rings is 1. The van der Waals surface area contributed by atoms with Gasteiger partial charge in [-0.05, 0) is 20.5 Å². The number of rotatable bonds is 4. The van der Waals surface area contributed by atoms with Crippen LogP contribution in [0.5, 0.6) is 0 Å². The van der Waals surface area contributed by atoms with Crippen LogP contribution in [0.2, 0.25) is 0 Å². The topological polar surface area (TPSA) is 45.7 Å². The molecule has 1 saturated heterocycles. The maximum atomic E-state index is 11.2. The minimum atomic E-state index is -0.237. The van der Waals surface area contributed by atoms with Crippen LogP contribution in [0, 0.1) is 0 Å². The van der Waals surface area contributed by atoms with Gasteiger partial charge in [-0.1, -0.05) is 0 Å². The number of hydrogen-bond acceptors (Lipinski definition) is 6. The van der Waals surface area contributed by atoms with Crippen molar-refractivity contribution in [3.8, 4) is 0 Å². The van der Waals surface area contributed by atoms with Gasteiger partial charge in [0.1, 0.15) is 0 Å². The number of likely N-dealkylation sites (N-methyl/N-ethyl adjacent to an activating group) is 1. The lowest BCUT2D eigenvalue weighted by molar-refractivity contribution is -0.139. The summed E-state index contributed by atoms with van der Waals surface area (Å²) >= 11 is 1.60. The highest BCUT2D eigenvalue weighted by Gasteiger charge is 2.25. The zero-order valence-electron chi connectivity index (χ0n) is 11.0. The molecule has 0 bridgehead atoms. The largest absolute Gasteiger partial charge is 0.469 e. The van der Waals surface area contributed by atoms with Gasteiger partial charge in [0.25, 0.3) is 0 Å². The lowest BCUT2D eigenvalue weighted by Gasteiger charge is -2.19. The lowest BCUT2D eigenvalue weighted by atomic mass is 10.2. The number of aromatic nitrogens is 1. The predicted octanol–water partition coefficient (Wildman–Crippen LogP) is 0.999. The number of nitrogens with zero attached hydrogens (tertiary/aromatic N) is 3. The Morgan fingerprint density at radius 1 is 1.67 bits per heavy atom. The summed E-state index contributed by atoms with van der Waals surface area (Å²) in [6.07, 6.45) is 1.43. The predicted molar refractivity (Wildman–Crippen MR) is 72.1 cm³/mol. The molecule has 1 aromatic rings. The first-order valence-electron chi connectivity index (χ1n) is 6.02. The standard InChI is InChI=1S/C12H19N3O2S/c1-14(2)10-4-5-15(7-10)12-13-9(8-18-12)6-11(16)17-3/h8,10H,4-7H2,1-3H3. The minimum absolute atomic E-state index is 0.237. The highest BCUT2D eigenvalue weighted by molar-refractivity contribution is 7.13. The maximum absolute atomic E-state index is 11.2. The van der Waals surface area contributed by atoms with E-state index in [1.807, 2.05) is 5.38 Å². The third-order valence-electron chi connectivity index (χ3n) is 3.26. The van der Waals surface area contributed by atoms with Crippen LogP contribution in [0.4, 0.5) is 5.13 Å². The summed E-state index contributed by atoms with van der Waals surface area (Å²) in [6, 6.07) is 0.595. The van der Waals surface area contributed by atoms with E-state index in [1.54, 1.807) is 11.3 Å². The molecule has 0 aromatic carbocycles. The summed E-state index contributed by atoms with van der Waals surface area (Å²) in [5.74, 6) is -0.237. The normalized spacial score (nSPS) is 19.6. The van der Waals surface area contributed by atoms with E-state index in [9.17, 15) is 4.79 Å². The third kappa shape index (κ3) is 3.00. The Labute approximate surface area is 111 Å². The lowest BCUT2D eigenvalue weighted by Crippen LogP contribution is -2.31. The van der Waals surface area contributed by atoms with Gasteiger partial charge < -0.3 is 14.5 Å². The van der Waals surface area contributed by atoms with Gasteiger partial charge in [-0.3, -0.25) is 4.79 Å². The van der Waals surface area contributed by atoms with Crippen LogP contribution in [0.25, 0.3) is 0 Å².